The van der Waals surface area contributed by atoms with Crippen molar-refractivity contribution in [1.82, 2.24) is 10.6 Å². The van der Waals surface area contributed by atoms with Gasteiger partial charge in [-0.05, 0) is 19.8 Å². The molecule has 6 heteroatoms. The number of aliphatic carboxylic acids is 1. The van der Waals surface area contributed by atoms with E-state index in [1.807, 2.05) is 13.8 Å². The molecule has 0 aliphatic rings. The van der Waals surface area contributed by atoms with E-state index in [9.17, 15) is 14.4 Å². The van der Waals surface area contributed by atoms with Gasteiger partial charge in [-0.15, -0.1) is 0 Å². The van der Waals surface area contributed by atoms with Crippen LogP contribution < -0.4 is 10.6 Å². The minimum Gasteiger partial charge on any atom is -0.480 e. The zero-order valence-corrected chi connectivity index (χ0v) is 10.6. The van der Waals surface area contributed by atoms with Gasteiger partial charge in [-0.3, -0.25) is 19.7 Å². The molecule has 0 saturated heterocycles. The summed E-state index contributed by atoms with van der Waals surface area (Å²) in [6.07, 6.45) is 0. The Morgan fingerprint density at radius 3 is 2.06 bits per heavy atom. The molecule has 0 aliphatic heterocycles. The molecule has 0 aromatic rings. The van der Waals surface area contributed by atoms with Crippen molar-refractivity contribution in [2.45, 2.75) is 39.8 Å². The summed E-state index contributed by atoms with van der Waals surface area (Å²) in [5.74, 6) is -1.51. The first-order chi connectivity index (χ1) is 7.75. The van der Waals surface area contributed by atoms with Gasteiger partial charge in [0, 0.05) is 0 Å². The summed E-state index contributed by atoms with van der Waals surface area (Å²) in [5.41, 5.74) is 0. The normalized spacial score (nSPS) is 14.2. The Bertz CT molecular complexity index is 302. The molecule has 98 valence electrons. The monoisotopic (exact) mass is 244 g/mol. The van der Waals surface area contributed by atoms with Crippen molar-refractivity contribution in [2.75, 3.05) is 6.54 Å². The fraction of sp³-hybridized carbons (Fsp3) is 0.727. The summed E-state index contributed by atoms with van der Waals surface area (Å²) < 4.78 is 0. The summed E-state index contributed by atoms with van der Waals surface area (Å²) in [6.45, 7) is 6.40. The highest BCUT2D eigenvalue weighted by atomic mass is 16.4. The summed E-state index contributed by atoms with van der Waals surface area (Å²) in [5, 5.41) is 13.7. The number of Topliss-reactive ketones (excluding diaryl/α,β-unsaturated/α-hetero) is 1. The van der Waals surface area contributed by atoms with Gasteiger partial charge in [-0.2, -0.15) is 0 Å². The third-order valence-electron chi connectivity index (χ3n) is 2.36. The van der Waals surface area contributed by atoms with E-state index in [0.29, 0.717) is 0 Å². The lowest BCUT2D eigenvalue weighted by molar-refractivity contribution is -0.139. The highest BCUT2D eigenvalue weighted by molar-refractivity contribution is 5.88. The van der Waals surface area contributed by atoms with Crippen LogP contribution in [0.5, 0.6) is 0 Å². The average Bonchev–Trinajstić information content (AvgIpc) is 2.21. The molecular weight excluding hydrogens is 224 g/mol. The highest BCUT2D eigenvalue weighted by Gasteiger charge is 2.21. The maximum atomic E-state index is 11.5. The van der Waals surface area contributed by atoms with E-state index in [1.165, 1.54) is 13.8 Å². The fourth-order valence-corrected chi connectivity index (χ4v) is 1.30. The quantitative estimate of drug-likeness (QED) is 0.575. The SMILES string of the molecule is CC(=O)C(NC(=O)CN[C@@H](C)C(=O)O)C(C)C. The molecule has 0 saturated carbocycles. The molecule has 2 atom stereocenters. The first-order valence-corrected chi connectivity index (χ1v) is 5.51. The van der Waals surface area contributed by atoms with Crippen molar-refractivity contribution in [3.8, 4) is 0 Å². The van der Waals surface area contributed by atoms with Crippen LogP contribution in [-0.4, -0.2) is 41.4 Å². The maximum Gasteiger partial charge on any atom is 0.320 e. The number of carboxylic acids is 1. The van der Waals surface area contributed by atoms with Gasteiger partial charge in [-0.1, -0.05) is 13.8 Å². The number of rotatable bonds is 7. The first kappa shape index (κ1) is 15.6. The Morgan fingerprint density at radius 1 is 1.18 bits per heavy atom. The van der Waals surface area contributed by atoms with Crippen LogP contribution in [0.25, 0.3) is 0 Å². The molecule has 1 amide bonds. The Kier molecular flexibility index (Phi) is 6.42. The highest BCUT2D eigenvalue weighted by Crippen LogP contribution is 2.02. The Morgan fingerprint density at radius 2 is 1.71 bits per heavy atom. The predicted molar refractivity (Wildman–Crippen MR) is 62.6 cm³/mol. The van der Waals surface area contributed by atoms with Crippen molar-refractivity contribution < 1.29 is 19.5 Å². The summed E-state index contributed by atoms with van der Waals surface area (Å²) >= 11 is 0. The van der Waals surface area contributed by atoms with Crippen LogP contribution in [0.4, 0.5) is 0 Å². The van der Waals surface area contributed by atoms with Crippen LogP contribution in [-0.2, 0) is 14.4 Å². The summed E-state index contributed by atoms with van der Waals surface area (Å²) in [6, 6.07) is -1.32. The second-order valence-corrected chi connectivity index (χ2v) is 4.34. The minimum absolute atomic E-state index is 0.00773. The van der Waals surface area contributed by atoms with Gasteiger partial charge in [0.2, 0.25) is 5.91 Å². The van der Waals surface area contributed by atoms with E-state index < -0.39 is 18.1 Å². The van der Waals surface area contributed by atoms with Gasteiger partial charge in [0.1, 0.15) is 6.04 Å². The molecule has 0 bridgehead atoms. The molecule has 17 heavy (non-hydrogen) atoms. The topological polar surface area (TPSA) is 95.5 Å². The van der Waals surface area contributed by atoms with Crippen LogP contribution in [0.3, 0.4) is 0 Å². The minimum atomic E-state index is -1.02. The van der Waals surface area contributed by atoms with Crippen LogP contribution >= 0.6 is 0 Å². The third kappa shape index (κ3) is 6.01. The molecule has 0 spiro atoms. The molecule has 0 aliphatic carbocycles. The molecule has 0 aromatic carbocycles. The second-order valence-electron chi connectivity index (χ2n) is 4.34. The molecule has 1 unspecified atom stereocenters. The van der Waals surface area contributed by atoms with Crippen molar-refractivity contribution in [2.24, 2.45) is 5.92 Å². The van der Waals surface area contributed by atoms with Crippen molar-refractivity contribution >= 4 is 17.7 Å². The molecule has 0 heterocycles. The van der Waals surface area contributed by atoms with Gasteiger partial charge in [0.05, 0.1) is 12.6 Å². The van der Waals surface area contributed by atoms with E-state index in [4.69, 9.17) is 5.11 Å². The van der Waals surface area contributed by atoms with Crippen LogP contribution in [0, 0.1) is 5.92 Å². The number of hydrogen-bond donors (Lipinski definition) is 3. The van der Waals surface area contributed by atoms with Gasteiger partial charge in [-0.25, -0.2) is 0 Å². The molecule has 6 nitrogen and oxygen atoms in total. The zero-order chi connectivity index (χ0) is 13.6. The van der Waals surface area contributed by atoms with Gasteiger partial charge >= 0.3 is 5.97 Å². The fourth-order valence-electron chi connectivity index (χ4n) is 1.30. The Labute approximate surface area is 101 Å². The number of amides is 1. The number of nitrogens with one attached hydrogen (secondary N) is 2. The van der Waals surface area contributed by atoms with Crippen molar-refractivity contribution in [3.05, 3.63) is 0 Å². The van der Waals surface area contributed by atoms with Crippen molar-refractivity contribution in [3.63, 3.8) is 0 Å². The number of carboxylic acid groups (broad SMARTS) is 1. The standard InChI is InChI=1S/C11H20N2O4/c1-6(2)10(8(4)14)13-9(15)5-12-7(3)11(16)17/h6-7,10,12H,5H2,1-4H3,(H,13,15)(H,16,17)/t7-,10?/m0/s1. The third-order valence-corrected chi connectivity index (χ3v) is 2.36. The van der Waals surface area contributed by atoms with E-state index in [0.717, 1.165) is 0 Å². The molecule has 0 radical (unpaired) electrons. The van der Waals surface area contributed by atoms with E-state index >= 15 is 0 Å². The summed E-state index contributed by atoms with van der Waals surface area (Å²) in [7, 11) is 0. The lowest BCUT2D eigenvalue weighted by atomic mass is 10.0. The molecule has 0 aromatic heterocycles. The average molecular weight is 244 g/mol. The Balaban J connectivity index is 4.16. The number of ketones is 1. The number of carbonyl (C=O) groups excluding carboxylic acids is 2. The predicted octanol–water partition coefficient (Wildman–Crippen LogP) is -0.221. The van der Waals surface area contributed by atoms with Crippen molar-refractivity contribution in [1.29, 1.82) is 0 Å². The molecule has 3 N–H and O–H groups in total. The van der Waals surface area contributed by atoms with Crippen LogP contribution in [0.2, 0.25) is 0 Å². The van der Waals surface area contributed by atoms with E-state index in [-0.39, 0.29) is 24.2 Å². The lowest BCUT2D eigenvalue weighted by Crippen LogP contribution is -2.48. The van der Waals surface area contributed by atoms with Gasteiger partial charge in [0.25, 0.3) is 0 Å². The smallest absolute Gasteiger partial charge is 0.320 e. The van der Waals surface area contributed by atoms with E-state index in [1.54, 1.807) is 0 Å². The van der Waals surface area contributed by atoms with Crippen LogP contribution in [0.1, 0.15) is 27.7 Å². The second kappa shape index (κ2) is 7.01. The first-order valence-electron chi connectivity index (χ1n) is 5.51. The maximum absolute atomic E-state index is 11.5. The molecule has 0 rings (SSSR count). The van der Waals surface area contributed by atoms with E-state index in [2.05, 4.69) is 10.6 Å². The Hall–Kier alpha value is -1.43. The summed E-state index contributed by atoms with van der Waals surface area (Å²) in [4.78, 5) is 33.2. The zero-order valence-electron chi connectivity index (χ0n) is 10.6. The van der Waals surface area contributed by atoms with Crippen LogP contribution in [0.15, 0.2) is 0 Å². The molecular formula is C11H20N2O4. The lowest BCUT2D eigenvalue weighted by Gasteiger charge is -2.20. The molecule has 0 fully saturated rings. The number of carbonyl (C=O) groups is 3. The van der Waals surface area contributed by atoms with Gasteiger partial charge < -0.3 is 10.4 Å². The largest absolute Gasteiger partial charge is 0.480 e. The van der Waals surface area contributed by atoms with Gasteiger partial charge in [0.15, 0.2) is 5.78 Å². The number of hydrogen-bond acceptors (Lipinski definition) is 4.